The van der Waals surface area contributed by atoms with Crippen molar-refractivity contribution >= 4 is 28.2 Å². The minimum absolute atomic E-state index is 0.0308. The van der Waals surface area contributed by atoms with Gasteiger partial charge in [0.15, 0.2) is 0 Å². The first kappa shape index (κ1) is 17.2. The standard InChI is InChI=1S/C20H24N4OS/c1-13-8-9-16(14(2)10-13)17-12-26-20-22-19(23-24(17)20)21-18(25)11-15-6-4-3-5-7-15/h8-10,12,15H,3-7,11H2,1-2H3,(H,21,23,25). The Balaban J connectivity index is 1.53. The van der Waals surface area contributed by atoms with Crippen LogP contribution >= 0.6 is 11.3 Å². The van der Waals surface area contributed by atoms with Crippen LogP contribution in [0.4, 0.5) is 5.95 Å². The summed E-state index contributed by atoms with van der Waals surface area (Å²) < 4.78 is 1.83. The number of fused-ring (bicyclic) bond motifs is 1. The Labute approximate surface area is 157 Å². The minimum Gasteiger partial charge on any atom is -0.293 e. The van der Waals surface area contributed by atoms with Gasteiger partial charge in [-0.05, 0) is 38.2 Å². The van der Waals surface area contributed by atoms with Gasteiger partial charge >= 0.3 is 0 Å². The second-order valence-corrected chi connectivity index (χ2v) is 8.16. The molecule has 2 heterocycles. The zero-order valence-corrected chi connectivity index (χ0v) is 16.1. The lowest BCUT2D eigenvalue weighted by atomic mass is 9.87. The first-order valence-corrected chi connectivity index (χ1v) is 10.2. The van der Waals surface area contributed by atoms with Gasteiger partial charge in [-0.3, -0.25) is 10.1 Å². The zero-order valence-electron chi connectivity index (χ0n) is 15.3. The van der Waals surface area contributed by atoms with Crippen molar-refractivity contribution in [1.29, 1.82) is 0 Å². The van der Waals surface area contributed by atoms with E-state index in [0.29, 0.717) is 18.3 Å². The lowest BCUT2D eigenvalue weighted by Gasteiger charge is -2.20. The van der Waals surface area contributed by atoms with E-state index in [-0.39, 0.29) is 5.91 Å². The van der Waals surface area contributed by atoms with Crippen LogP contribution in [0, 0.1) is 19.8 Å². The highest BCUT2D eigenvalue weighted by Gasteiger charge is 2.19. The Bertz CT molecular complexity index is 937. The summed E-state index contributed by atoms with van der Waals surface area (Å²) in [7, 11) is 0. The molecule has 1 saturated carbocycles. The zero-order chi connectivity index (χ0) is 18.1. The third kappa shape index (κ3) is 3.51. The maximum atomic E-state index is 12.3. The van der Waals surface area contributed by atoms with E-state index >= 15 is 0 Å². The molecule has 1 fully saturated rings. The van der Waals surface area contributed by atoms with E-state index < -0.39 is 0 Å². The molecule has 0 spiro atoms. The average molecular weight is 369 g/mol. The van der Waals surface area contributed by atoms with E-state index in [0.717, 1.165) is 29.1 Å². The molecule has 3 aromatic rings. The van der Waals surface area contributed by atoms with Crippen molar-refractivity contribution in [3.05, 3.63) is 34.7 Å². The van der Waals surface area contributed by atoms with E-state index in [4.69, 9.17) is 0 Å². The molecule has 0 atom stereocenters. The Morgan fingerprint density at radius 2 is 2.08 bits per heavy atom. The summed E-state index contributed by atoms with van der Waals surface area (Å²) in [5.41, 5.74) is 4.62. The number of aryl methyl sites for hydroxylation is 2. The maximum Gasteiger partial charge on any atom is 0.250 e. The van der Waals surface area contributed by atoms with E-state index in [1.165, 1.54) is 30.4 Å². The Kier molecular flexibility index (Phi) is 4.76. The normalized spacial score (nSPS) is 15.5. The molecule has 1 aliphatic carbocycles. The van der Waals surface area contributed by atoms with Gasteiger partial charge in [0.2, 0.25) is 16.8 Å². The Hall–Kier alpha value is -2.21. The lowest BCUT2D eigenvalue weighted by Crippen LogP contribution is -2.19. The quantitative estimate of drug-likeness (QED) is 0.706. The number of aromatic nitrogens is 3. The smallest absolute Gasteiger partial charge is 0.250 e. The van der Waals surface area contributed by atoms with Crippen LogP contribution < -0.4 is 5.32 Å². The van der Waals surface area contributed by atoms with Crippen LogP contribution in [0.15, 0.2) is 23.6 Å². The molecule has 136 valence electrons. The first-order chi connectivity index (χ1) is 12.6. The van der Waals surface area contributed by atoms with Gasteiger partial charge in [-0.1, -0.05) is 43.0 Å². The van der Waals surface area contributed by atoms with Crippen LogP contribution in [-0.4, -0.2) is 20.5 Å². The van der Waals surface area contributed by atoms with Crippen LogP contribution in [-0.2, 0) is 4.79 Å². The van der Waals surface area contributed by atoms with Gasteiger partial charge in [0.25, 0.3) is 0 Å². The number of nitrogens with one attached hydrogen (secondary N) is 1. The van der Waals surface area contributed by atoms with Gasteiger partial charge < -0.3 is 0 Å². The van der Waals surface area contributed by atoms with Gasteiger partial charge in [0, 0.05) is 17.4 Å². The molecule has 0 bridgehead atoms. The maximum absolute atomic E-state index is 12.3. The van der Waals surface area contributed by atoms with Crippen molar-refractivity contribution in [1.82, 2.24) is 14.6 Å². The predicted molar refractivity (Wildman–Crippen MR) is 106 cm³/mol. The third-order valence-electron chi connectivity index (χ3n) is 5.19. The third-order valence-corrected chi connectivity index (χ3v) is 6.01. The number of hydrogen-bond donors (Lipinski definition) is 1. The summed E-state index contributed by atoms with van der Waals surface area (Å²) >= 11 is 1.54. The number of hydrogen-bond acceptors (Lipinski definition) is 4. The molecular weight excluding hydrogens is 344 g/mol. The van der Waals surface area contributed by atoms with Gasteiger partial charge in [0.05, 0.1) is 5.69 Å². The topological polar surface area (TPSA) is 59.3 Å². The van der Waals surface area contributed by atoms with Gasteiger partial charge in [-0.25, -0.2) is 4.52 Å². The second kappa shape index (κ2) is 7.19. The lowest BCUT2D eigenvalue weighted by molar-refractivity contribution is -0.117. The van der Waals surface area contributed by atoms with Crippen LogP contribution in [0.25, 0.3) is 16.2 Å². The van der Waals surface area contributed by atoms with Crippen molar-refractivity contribution in [3.63, 3.8) is 0 Å². The molecule has 0 saturated heterocycles. The van der Waals surface area contributed by atoms with Crippen molar-refractivity contribution in [2.24, 2.45) is 5.92 Å². The van der Waals surface area contributed by atoms with Gasteiger partial charge in [0.1, 0.15) is 0 Å². The Morgan fingerprint density at radius 1 is 1.27 bits per heavy atom. The van der Waals surface area contributed by atoms with Crippen molar-refractivity contribution < 1.29 is 4.79 Å². The summed E-state index contributed by atoms with van der Waals surface area (Å²) in [4.78, 5) is 17.6. The monoisotopic (exact) mass is 368 g/mol. The van der Waals surface area contributed by atoms with E-state index in [1.807, 2.05) is 4.52 Å². The van der Waals surface area contributed by atoms with Crippen molar-refractivity contribution in [2.75, 3.05) is 5.32 Å². The highest BCUT2D eigenvalue weighted by atomic mass is 32.1. The first-order valence-electron chi connectivity index (χ1n) is 9.32. The fourth-order valence-electron chi connectivity index (χ4n) is 3.85. The number of carbonyl (C=O) groups excluding carboxylic acids is 1. The van der Waals surface area contributed by atoms with Crippen LogP contribution in [0.1, 0.15) is 49.7 Å². The SMILES string of the molecule is Cc1ccc(-c2csc3nc(NC(=O)CC4CCCCC4)nn23)c(C)c1. The Morgan fingerprint density at radius 3 is 2.85 bits per heavy atom. The number of benzene rings is 1. The molecule has 0 radical (unpaired) electrons. The van der Waals surface area contributed by atoms with E-state index in [9.17, 15) is 4.79 Å². The molecule has 26 heavy (non-hydrogen) atoms. The second-order valence-electron chi connectivity index (χ2n) is 7.33. The largest absolute Gasteiger partial charge is 0.293 e. The molecule has 6 heteroatoms. The van der Waals surface area contributed by atoms with Gasteiger partial charge in [-0.15, -0.1) is 16.4 Å². The number of carbonyl (C=O) groups is 1. The molecule has 2 aromatic heterocycles. The molecule has 1 N–H and O–H groups in total. The molecule has 1 amide bonds. The van der Waals surface area contributed by atoms with Crippen LogP contribution in [0.5, 0.6) is 0 Å². The molecule has 0 unspecified atom stereocenters. The molecule has 4 rings (SSSR count). The van der Waals surface area contributed by atoms with Gasteiger partial charge in [-0.2, -0.15) is 4.98 Å². The minimum atomic E-state index is 0.0308. The van der Waals surface area contributed by atoms with Crippen molar-refractivity contribution in [3.8, 4) is 11.3 Å². The van der Waals surface area contributed by atoms with Crippen molar-refractivity contribution in [2.45, 2.75) is 52.4 Å². The van der Waals surface area contributed by atoms with E-state index in [1.54, 1.807) is 11.3 Å². The molecule has 0 aliphatic heterocycles. The highest BCUT2D eigenvalue weighted by molar-refractivity contribution is 7.15. The van der Waals surface area contributed by atoms with Crippen LogP contribution in [0.3, 0.4) is 0 Å². The van der Waals surface area contributed by atoms with Crippen LogP contribution in [0.2, 0.25) is 0 Å². The highest BCUT2D eigenvalue weighted by Crippen LogP contribution is 2.29. The summed E-state index contributed by atoms with van der Waals surface area (Å²) in [5.74, 6) is 0.949. The molecular formula is C20H24N4OS. The molecule has 5 nitrogen and oxygen atoms in total. The summed E-state index contributed by atoms with van der Waals surface area (Å²) in [5, 5.41) is 9.49. The number of thiazole rings is 1. The fraction of sp³-hybridized carbons (Fsp3) is 0.450. The number of rotatable bonds is 4. The predicted octanol–water partition coefficient (Wildman–Crippen LogP) is 4.98. The summed E-state index contributed by atoms with van der Waals surface area (Å²) in [6, 6.07) is 6.40. The number of amides is 1. The molecule has 1 aliphatic rings. The average Bonchev–Trinajstić information content (AvgIpc) is 3.16. The summed E-state index contributed by atoms with van der Waals surface area (Å²) in [6.45, 7) is 4.20. The number of nitrogens with zero attached hydrogens (tertiary/aromatic N) is 3. The van der Waals surface area contributed by atoms with E-state index in [2.05, 4.69) is 52.8 Å². The molecule has 1 aromatic carbocycles. The number of anilines is 1. The fourth-order valence-corrected chi connectivity index (χ4v) is 4.67. The summed E-state index contributed by atoms with van der Waals surface area (Å²) in [6.07, 6.45) is 6.70.